The monoisotopic (exact) mass is 395 g/mol. The van der Waals surface area contributed by atoms with Gasteiger partial charge in [-0.05, 0) is 42.7 Å². The van der Waals surface area contributed by atoms with E-state index in [2.05, 4.69) is 27.5 Å². The number of H-pyrrole nitrogens is 1. The Labute approximate surface area is 164 Å². The number of nitrogens with one attached hydrogen (secondary N) is 2. The Balaban J connectivity index is 1.51. The van der Waals surface area contributed by atoms with Crippen LogP contribution in [0.15, 0.2) is 42.9 Å². The Morgan fingerprint density at radius 1 is 1.31 bits per heavy atom. The standard InChI is InChI=1S/C21H19F2N5O/c22-19(23)11-25-21(29)16-10-26-28-7-6-13(8-18(16)28)15-9-24-20-14(15)4-5-17(27-20)12-2-1-3-12/h4-10,12,19H,1-3,11H2,(H,24,27)(H,25,29). The molecule has 1 aliphatic carbocycles. The van der Waals surface area contributed by atoms with Crippen LogP contribution in [0.2, 0.25) is 0 Å². The first-order chi connectivity index (χ1) is 14.1. The number of fused-ring (bicyclic) bond motifs is 2. The summed E-state index contributed by atoms with van der Waals surface area (Å²) in [6.45, 7) is -0.687. The Hall–Kier alpha value is -3.29. The van der Waals surface area contributed by atoms with E-state index in [9.17, 15) is 13.6 Å². The zero-order valence-electron chi connectivity index (χ0n) is 15.5. The summed E-state index contributed by atoms with van der Waals surface area (Å²) in [5.74, 6) is -0.00760. The maximum atomic E-state index is 12.4. The van der Waals surface area contributed by atoms with Gasteiger partial charge < -0.3 is 10.3 Å². The van der Waals surface area contributed by atoms with E-state index < -0.39 is 18.9 Å². The summed E-state index contributed by atoms with van der Waals surface area (Å²) in [5, 5.41) is 7.38. The van der Waals surface area contributed by atoms with Crippen molar-refractivity contribution in [3.63, 3.8) is 0 Å². The molecule has 0 spiro atoms. The summed E-state index contributed by atoms with van der Waals surface area (Å²) < 4.78 is 26.4. The van der Waals surface area contributed by atoms with Gasteiger partial charge in [0.05, 0.1) is 23.8 Å². The van der Waals surface area contributed by atoms with Crippen LogP contribution >= 0.6 is 0 Å². The average Bonchev–Trinajstić information content (AvgIpc) is 3.28. The molecule has 0 unspecified atom stereocenters. The zero-order valence-corrected chi connectivity index (χ0v) is 15.5. The van der Waals surface area contributed by atoms with Crippen LogP contribution in [0.1, 0.15) is 41.2 Å². The normalized spacial score (nSPS) is 14.6. The van der Waals surface area contributed by atoms with E-state index in [0.29, 0.717) is 11.4 Å². The summed E-state index contributed by atoms with van der Waals surface area (Å²) in [7, 11) is 0. The zero-order chi connectivity index (χ0) is 20.0. The van der Waals surface area contributed by atoms with Crippen molar-refractivity contribution < 1.29 is 13.6 Å². The molecule has 4 heterocycles. The molecule has 0 bridgehead atoms. The number of alkyl halides is 2. The van der Waals surface area contributed by atoms with Gasteiger partial charge in [0.2, 0.25) is 0 Å². The van der Waals surface area contributed by atoms with Gasteiger partial charge in [-0.2, -0.15) is 5.10 Å². The number of hydrogen-bond acceptors (Lipinski definition) is 3. The molecule has 1 aliphatic rings. The Morgan fingerprint density at radius 3 is 2.93 bits per heavy atom. The summed E-state index contributed by atoms with van der Waals surface area (Å²) >= 11 is 0. The van der Waals surface area contributed by atoms with Gasteiger partial charge in [-0.3, -0.25) is 4.79 Å². The molecule has 1 fully saturated rings. The Bertz CT molecular complexity index is 1210. The molecule has 1 saturated carbocycles. The highest BCUT2D eigenvalue weighted by atomic mass is 19.3. The van der Waals surface area contributed by atoms with E-state index in [1.54, 1.807) is 10.7 Å². The number of aromatic amines is 1. The lowest BCUT2D eigenvalue weighted by atomic mass is 9.82. The first-order valence-electron chi connectivity index (χ1n) is 9.62. The van der Waals surface area contributed by atoms with Gasteiger partial charge in [-0.15, -0.1) is 0 Å². The first-order valence-corrected chi connectivity index (χ1v) is 9.62. The molecule has 8 heteroatoms. The summed E-state index contributed by atoms with van der Waals surface area (Å²) in [4.78, 5) is 20.3. The van der Waals surface area contributed by atoms with Gasteiger partial charge in [0, 0.05) is 35.0 Å². The second kappa shape index (κ2) is 6.95. The quantitative estimate of drug-likeness (QED) is 0.533. The molecular formula is C21H19F2N5O. The highest BCUT2D eigenvalue weighted by Gasteiger charge is 2.22. The van der Waals surface area contributed by atoms with Gasteiger partial charge in [0.1, 0.15) is 5.65 Å². The van der Waals surface area contributed by atoms with E-state index in [1.165, 1.54) is 25.5 Å². The molecule has 0 atom stereocenters. The predicted octanol–water partition coefficient (Wildman–Crippen LogP) is 4.14. The van der Waals surface area contributed by atoms with E-state index in [4.69, 9.17) is 4.98 Å². The lowest BCUT2D eigenvalue weighted by Crippen LogP contribution is -2.28. The highest BCUT2D eigenvalue weighted by Crippen LogP contribution is 2.37. The lowest BCUT2D eigenvalue weighted by Gasteiger charge is -2.24. The molecular weight excluding hydrogens is 376 g/mol. The molecule has 4 aromatic rings. The van der Waals surface area contributed by atoms with E-state index in [0.717, 1.165) is 27.9 Å². The molecule has 0 aromatic carbocycles. The van der Waals surface area contributed by atoms with Crippen LogP contribution in [0.25, 0.3) is 27.7 Å². The van der Waals surface area contributed by atoms with Crippen molar-refractivity contribution in [3.8, 4) is 11.1 Å². The molecule has 4 aromatic heterocycles. The number of halogens is 2. The molecule has 0 radical (unpaired) electrons. The van der Waals surface area contributed by atoms with Crippen LogP contribution in [0.5, 0.6) is 0 Å². The van der Waals surface area contributed by atoms with E-state index in [1.807, 2.05) is 18.3 Å². The lowest BCUT2D eigenvalue weighted by molar-refractivity contribution is 0.0893. The molecule has 5 rings (SSSR count). The van der Waals surface area contributed by atoms with Crippen LogP contribution in [0.4, 0.5) is 8.78 Å². The van der Waals surface area contributed by atoms with Crippen molar-refractivity contribution in [2.45, 2.75) is 31.6 Å². The van der Waals surface area contributed by atoms with Crippen molar-refractivity contribution in [2.75, 3.05) is 6.54 Å². The maximum Gasteiger partial charge on any atom is 0.255 e. The molecule has 0 aliphatic heterocycles. The maximum absolute atomic E-state index is 12.4. The number of pyridine rings is 2. The number of carbonyl (C=O) groups excluding carboxylic acids is 1. The van der Waals surface area contributed by atoms with E-state index >= 15 is 0 Å². The largest absolute Gasteiger partial charge is 0.346 e. The third-order valence-electron chi connectivity index (χ3n) is 5.58. The van der Waals surface area contributed by atoms with Crippen molar-refractivity contribution in [2.24, 2.45) is 0 Å². The van der Waals surface area contributed by atoms with Crippen molar-refractivity contribution in [1.82, 2.24) is 24.9 Å². The van der Waals surface area contributed by atoms with Crippen LogP contribution < -0.4 is 5.32 Å². The number of rotatable bonds is 5. The van der Waals surface area contributed by atoms with Gasteiger partial charge in [0.25, 0.3) is 12.3 Å². The fraction of sp³-hybridized carbons (Fsp3) is 0.286. The van der Waals surface area contributed by atoms with Crippen molar-refractivity contribution >= 4 is 22.5 Å². The minimum atomic E-state index is -2.60. The van der Waals surface area contributed by atoms with Crippen molar-refractivity contribution in [3.05, 3.63) is 54.1 Å². The van der Waals surface area contributed by atoms with E-state index in [-0.39, 0.29) is 5.56 Å². The molecule has 6 nitrogen and oxygen atoms in total. The van der Waals surface area contributed by atoms with Gasteiger partial charge in [-0.25, -0.2) is 18.3 Å². The number of aromatic nitrogens is 4. The Kier molecular flexibility index (Phi) is 4.26. The summed E-state index contributed by atoms with van der Waals surface area (Å²) in [6.07, 6.45) is 6.10. The second-order valence-corrected chi connectivity index (χ2v) is 7.37. The topological polar surface area (TPSA) is 75.1 Å². The second-order valence-electron chi connectivity index (χ2n) is 7.37. The minimum Gasteiger partial charge on any atom is -0.346 e. The fourth-order valence-electron chi connectivity index (χ4n) is 3.78. The smallest absolute Gasteiger partial charge is 0.255 e. The van der Waals surface area contributed by atoms with Gasteiger partial charge in [-0.1, -0.05) is 6.42 Å². The summed E-state index contributed by atoms with van der Waals surface area (Å²) in [6, 6.07) is 7.92. The predicted molar refractivity (Wildman–Crippen MR) is 105 cm³/mol. The third-order valence-corrected chi connectivity index (χ3v) is 5.58. The molecule has 2 N–H and O–H groups in total. The average molecular weight is 395 g/mol. The van der Waals surface area contributed by atoms with Crippen LogP contribution in [-0.2, 0) is 0 Å². The first kappa shape index (κ1) is 17.8. The van der Waals surface area contributed by atoms with Crippen LogP contribution in [0, 0.1) is 0 Å². The fourth-order valence-corrected chi connectivity index (χ4v) is 3.78. The van der Waals surface area contributed by atoms with Crippen LogP contribution in [0.3, 0.4) is 0 Å². The van der Waals surface area contributed by atoms with Gasteiger partial charge >= 0.3 is 0 Å². The summed E-state index contributed by atoms with van der Waals surface area (Å²) in [5.41, 5.74) is 4.65. The minimum absolute atomic E-state index is 0.262. The molecule has 0 saturated heterocycles. The molecule has 1 amide bonds. The number of hydrogen-bond donors (Lipinski definition) is 2. The van der Waals surface area contributed by atoms with Crippen LogP contribution in [-0.4, -0.2) is 38.5 Å². The SMILES string of the molecule is O=C(NCC(F)F)c1cnn2ccc(-c3c[nH]c4nc(C5CCC5)ccc34)cc12. The Morgan fingerprint density at radius 2 is 2.17 bits per heavy atom. The number of nitrogens with zero attached hydrogens (tertiary/aromatic N) is 3. The molecule has 29 heavy (non-hydrogen) atoms. The number of amides is 1. The molecule has 148 valence electrons. The highest BCUT2D eigenvalue weighted by molar-refractivity contribution is 6.02. The third kappa shape index (κ3) is 3.14. The van der Waals surface area contributed by atoms with Gasteiger partial charge in [0.15, 0.2) is 0 Å². The van der Waals surface area contributed by atoms with Crippen molar-refractivity contribution in [1.29, 1.82) is 0 Å². The number of carbonyl (C=O) groups is 1.